The van der Waals surface area contributed by atoms with Crippen LogP contribution < -0.4 is 9.47 Å². The third-order valence-electron chi connectivity index (χ3n) is 5.10. The molecule has 0 radical (unpaired) electrons. The second-order valence-corrected chi connectivity index (χ2v) is 7.74. The number of nitrogens with zero attached hydrogens (tertiary/aromatic N) is 1. The fourth-order valence-corrected chi connectivity index (χ4v) is 3.65. The number of benzene rings is 1. The maximum atomic E-state index is 13.3. The fourth-order valence-electron chi connectivity index (χ4n) is 3.65. The number of carbonyl (C=O) groups excluding carboxylic acids is 1. The van der Waals surface area contributed by atoms with E-state index in [4.69, 9.17) is 9.47 Å². The van der Waals surface area contributed by atoms with Gasteiger partial charge in [-0.15, -0.1) is 0 Å². The molecular weight excluding hydrogens is 346 g/mol. The summed E-state index contributed by atoms with van der Waals surface area (Å²) in [5, 5.41) is 9.38. The van der Waals surface area contributed by atoms with Gasteiger partial charge in [0.2, 0.25) is 5.91 Å². The third kappa shape index (κ3) is 4.73. The molecule has 1 heterocycles. The van der Waals surface area contributed by atoms with Crippen LogP contribution in [0, 0.1) is 11.8 Å². The Bertz CT molecular complexity index is 685. The standard InChI is InChI=1S/C21H31NO5/c1-6-26-17-9-8-16(11-18(17)27-7-2)21(4,5)20(25)22-12-14(3)10-15(13-22)19(23)24/h8-9,11,14-15H,6-7,10,12-13H2,1-5H3,(H,23,24). The molecule has 2 atom stereocenters. The number of hydrogen-bond acceptors (Lipinski definition) is 4. The minimum atomic E-state index is -0.836. The van der Waals surface area contributed by atoms with E-state index in [0.717, 1.165) is 5.56 Å². The molecule has 2 rings (SSSR count). The van der Waals surface area contributed by atoms with E-state index >= 15 is 0 Å². The summed E-state index contributed by atoms with van der Waals surface area (Å²) in [5.74, 6) is 0.0348. The lowest BCUT2D eigenvalue weighted by Gasteiger charge is -2.39. The van der Waals surface area contributed by atoms with Crippen molar-refractivity contribution < 1.29 is 24.2 Å². The largest absolute Gasteiger partial charge is 0.490 e. The quantitative estimate of drug-likeness (QED) is 0.789. The zero-order chi connectivity index (χ0) is 20.2. The SMILES string of the molecule is CCOc1ccc(C(C)(C)C(=O)N2CC(C)CC(C(=O)O)C2)cc1OCC. The number of carboxylic acids is 1. The average molecular weight is 377 g/mol. The van der Waals surface area contributed by atoms with Crippen LogP contribution in [0.2, 0.25) is 0 Å². The summed E-state index contributed by atoms with van der Waals surface area (Å²) in [6.45, 7) is 11.4. The van der Waals surface area contributed by atoms with Crippen molar-refractivity contribution in [3.05, 3.63) is 23.8 Å². The predicted octanol–water partition coefficient (Wildman–Crippen LogP) is 3.33. The molecule has 0 spiro atoms. The number of carboxylic acid groups (broad SMARTS) is 1. The summed E-state index contributed by atoms with van der Waals surface area (Å²) in [5.41, 5.74) is 0.0287. The van der Waals surface area contributed by atoms with Gasteiger partial charge in [0.05, 0.1) is 24.5 Å². The minimum Gasteiger partial charge on any atom is -0.490 e. The summed E-state index contributed by atoms with van der Waals surface area (Å²) in [4.78, 5) is 26.4. The van der Waals surface area contributed by atoms with Gasteiger partial charge in [-0.2, -0.15) is 0 Å². The molecule has 1 aliphatic heterocycles. The summed E-state index contributed by atoms with van der Waals surface area (Å²) >= 11 is 0. The number of likely N-dealkylation sites (tertiary alicyclic amines) is 1. The van der Waals surface area contributed by atoms with Crippen LogP contribution in [0.1, 0.15) is 46.6 Å². The van der Waals surface area contributed by atoms with Crippen LogP contribution in [0.4, 0.5) is 0 Å². The first-order chi connectivity index (χ1) is 12.7. The molecular formula is C21H31NO5. The Morgan fingerprint density at radius 3 is 2.37 bits per heavy atom. The Morgan fingerprint density at radius 1 is 1.15 bits per heavy atom. The Labute approximate surface area is 161 Å². The molecule has 1 amide bonds. The number of carbonyl (C=O) groups is 2. The fraction of sp³-hybridized carbons (Fsp3) is 0.619. The van der Waals surface area contributed by atoms with Crippen LogP contribution in [-0.4, -0.2) is 48.2 Å². The summed E-state index contributed by atoms with van der Waals surface area (Å²) in [7, 11) is 0. The molecule has 0 saturated carbocycles. The summed E-state index contributed by atoms with van der Waals surface area (Å²) in [6.07, 6.45) is 0.608. The first kappa shape index (κ1) is 21.1. The maximum absolute atomic E-state index is 13.3. The highest BCUT2D eigenvalue weighted by atomic mass is 16.5. The monoisotopic (exact) mass is 377 g/mol. The molecule has 0 aliphatic carbocycles. The van der Waals surface area contributed by atoms with Crippen molar-refractivity contribution in [1.29, 1.82) is 0 Å². The molecule has 1 aromatic carbocycles. The van der Waals surface area contributed by atoms with Gasteiger partial charge >= 0.3 is 5.97 Å². The van der Waals surface area contributed by atoms with Gasteiger partial charge in [-0.05, 0) is 57.7 Å². The van der Waals surface area contributed by atoms with Crippen LogP contribution in [-0.2, 0) is 15.0 Å². The van der Waals surface area contributed by atoms with Crippen molar-refractivity contribution in [2.75, 3.05) is 26.3 Å². The molecule has 6 heteroatoms. The van der Waals surface area contributed by atoms with E-state index < -0.39 is 17.3 Å². The normalized spacial score (nSPS) is 20.3. The highest BCUT2D eigenvalue weighted by molar-refractivity contribution is 5.88. The minimum absolute atomic E-state index is 0.0630. The lowest BCUT2D eigenvalue weighted by atomic mass is 9.81. The first-order valence-electron chi connectivity index (χ1n) is 9.62. The molecule has 2 unspecified atom stereocenters. The van der Waals surface area contributed by atoms with Gasteiger partial charge in [-0.1, -0.05) is 13.0 Å². The molecule has 0 aromatic heterocycles. The van der Waals surface area contributed by atoms with Crippen LogP contribution in [0.15, 0.2) is 18.2 Å². The van der Waals surface area contributed by atoms with Gasteiger partial charge in [0, 0.05) is 13.1 Å². The molecule has 1 saturated heterocycles. The molecule has 1 aliphatic rings. The smallest absolute Gasteiger partial charge is 0.308 e. The maximum Gasteiger partial charge on any atom is 0.308 e. The van der Waals surface area contributed by atoms with Crippen molar-refractivity contribution >= 4 is 11.9 Å². The Balaban J connectivity index is 2.29. The molecule has 1 fully saturated rings. The van der Waals surface area contributed by atoms with Crippen LogP contribution in [0.5, 0.6) is 11.5 Å². The number of hydrogen-bond donors (Lipinski definition) is 1. The summed E-state index contributed by atoms with van der Waals surface area (Å²) in [6, 6.07) is 5.57. The second-order valence-electron chi connectivity index (χ2n) is 7.74. The second kappa shape index (κ2) is 8.63. The number of amides is 1. The van der Waals surface area contributed by atoms with Crippen LogP contribution in [0.25, 0.3) is 0 Å². The van der Waals surface area contributed by atoms with Gasteiger partial charge in [0.15, 0.2) is 11.5 Å². The number of aliphatic carboxylic acids is 1. The zero-order valence-electron chi connectivity index (χ0n) is 16.9. The predicted molar refractivity (Wildman–Crippen MR) is 103 cm³/mol. The molecule has 1 aromatic rings. The van der Waals surface area contributed by atoms with Gasteiger partial charge < -0.3 is 19.5 Å². The van der Waals surface area contributed by atoms with Crippen molar-refractivity contribution in [1.82, 2.24) is 4.90 Å². The summed E-state index contributed by atoms with van der Waals surface area (Å²) < 4.78 is 11.3. The molecule has 1 N–H and O–H groups in total. The van der Waals surface area contributed by atoms with Crippen molar-refractivity contribution in [2.45, 2.75) is 46.5 Å². The molecule has 150 valence electrons. The molecule has 0 bridgehead atoms. The Morgan fingerprint density at radius 2 is 1.78 bits per heavy atom. The number of piperidine rings is 1. The van der Waals surface area contributed by atoms with Gasteiger partial charge in [-0.25, -0.2) is 0 Å². The van der Waals surface area contributed by atoms with Crippen LogP contribution in [0.3, 0.4) is 0 Å². The highest BCUT2D eigenvalue weighted by Gasteiger charge is 2.39. The zero-order valence-corrected chi connectivity index (χ0v) is 16.9. The third-order valence-corrected chi connectivity index (χ3v) is 5.10. The van der Waals surface area contributed by atoms with E-state index in [-0.39, 0.29) is 18.4 Å². The molecule has 27 heavy (non-hydrogen) atoms. The molecule has 6 nitrogen and oxygen atoms in total. The Hall–Kier alpha value is -2.24. The van der Waals surface area contributed by atoms with Crippen molar-refractivity contribution in [3.63, 3.8) is 0 Å². The van der Waals surface area contributed by atoms with E-state index in [2.05, 4.69) is 0 Å². The average Bonchev–Trinajstić information content (AvgIpc) is 2.62. The number of rotatable bonds is 7. The van der Waals surface area contributed by atoms with Crippen molar-refractivity contribution in [2.24, 2.45) is 11.8 Å². The first-order valence-corrected chi connectivity index (χ1v) is 9.62. The van der Waals surface area contributed by atoms with Gasteiger partial charge in [-0.3, -0.25) is 9.59 Å². The van der Waals surface area contributed by atoms with E-state index in [9.17, 15) is 14.7 Å². The lowest BCUT2D eigenvalue weighted by Crippen LogP contribution is -2.51. The van der Waals surface area contributed by atoms with Crippen molar-refractivity contribution in [3.8, 4) is 11.5 Å². The highest BCUT2D eigenvalue weighted by Crippen LogP contribution is 2.36. The lowest BCUT2D eigenvalue weighted by molar-refractivity contribution is -0.148. The van der Waals surface area contributed by atoms with E-state index in [0.29, 0.717) is 37.7 Å². The van der Waals surface area contributed by atoms with E-state index in [1.807, 2.05) is 52.8 Å². The van der Waals surface area contributed by atoms with E-state index in [1.165, 1.54) is 0 Å². The van der Waals surface area contributed by atoms with Gasteiger partial charge in [0.25, 0.3) is 0 Å². The topological polar surface area (TPSA) is 76.1 Å². The Kier molecular flexibility index (Phi) is 6.73. The van der Waals surface area contributed by atoms with Gasteiger partial charge in [0.1, 0.15) is 0 Å². The van der Waals surface area contributed by atoms with Crippen LogP contribution >= 0.6 is 0 Å². The number of ether oxygens (including phenoxy) is 2. The van der Waals surface area contributed by atoms with E-state index in [1.54, 1.807) is 4.90 Å².